The monoisotopic (exact) mass is 216 g/mol. The van der Waals surface area contributed by atoms with Gasteiger partial charge in [-0.2, -0.15) is 5.10 Å². The van der Waals surface area contributed by atoms with Crippen molar-refractivity contribution in [3.05, 3.63) is 52.8 Å². The van der Waals surface area contributed by atoms with Crippen LogP contribution < -0.4 is 0 Å². The highest BCUT2D eigenvalue weighted by Gasteiger charge is 2.15. The van der Waals surface area contributed by atoms with E-state index < -0.39 is 6.10 Å². The van der Waals surface area contributed by atoms with Gasteiger partial charge in [0.15, 0.2) is 0 Å². The molecule has 0 fully saturated rings. The van der Waals surface area contributed by atoms with Crippen LogP contribution in [-0.4, -0.2) is 14.9 Å². The standard InChI is InChI=1S/C13H16N2O/c1-9-5-4-6-11(7-9)13(16)12-8-15(3)14-10(12)2/h4-8,13,16H,1-3H3. The molecule has 0 radical (unpaired) electrons. The molecule has 1 N–H and O–H groups in total. The Morgan fingerprint density at radius 3 is 2.62 bits per heavy atom. The lowest BCUT2D eigenvalue weighted by atomic mass is 10.0. The quantitative estimate of drug-likeness (QED) is 0.835. The molecule has 0 aliphatic rings. The Morgan fingerprint density at radius 2 is 2.06 bits per heavy atom. The van der Waals surface area contributed by atoms with Gasteiger partial charge in [0.05, 0.1) is 5.69 Å². The molecule has 1 atom stereocenters. The van der Waals surface area contributed by atoms with Gasteiger partial charge >= 0.3 is 0 Å². The van der Waals surface area contributed by atoms with Crippen LogP contribution in [0.25, 0.3) is 0 Å². The van der Waals surface area contributed by atoms with Crippen molar-refractivity contribution in [1.29, 1.82) is 0 Å². The van der Waals surface area contributed by atoms with Gasteiger partial charge in [0.1, 0.15) is 6.10 Å². The van der Waals surface area contributed by atoms with Gasteiger partial charge in [0.25, 0.3) is 0 Å². The molecule has 3 nitrogen and oxygen atoms in total. The molecular weight excluding hydrogens is 200 g/mol. The Bertz CT molecular complexity index is 502. The Labute approximate surface area is 95.3 Å². The molecule has 0 saturated heterocycles. The minimum Gasteiger partial charge on any atom is -0.384 e. The molecule has 0 aliphatic heterocycles. The summed E-state index contributed by atoms with van der Waals surface area (Å²) in [7, 11) is 1.86. The third-order valence-corrected chi connectivity index (χ3v) is 2.70. The minimum absolute atomic E-state index is 0.589. The topological polar surface area (TPSA) is 38.0 Å². The van der Waals surface area contributed by atoms with Crippen molar-refractivity contribution in [2.75, 3.05) is 0 Å². The first kappa shape index (κ1) is 10.9. The molecule has 1 aromatic carbocycles. The van der Waals surface area contributed by atoms with E-state index in [1.807, 2.05) is 51.4 Å². The lowest BCUT2D eigenvalue weighted by Gasteiger charge is -2.10. The summed E-state index contributed by atoms with van der Waals surface area (Å²) in [5.41, 5.74) is 3.80. The first-order valence-electron chi connectivity index (χ1n) is 5.32. The molecule has 16 heavy (non-hydrogen) atoms. The number of nitrogens with zero attached hydrogens (tertiary/aromatic N) is 2. The van der Waals surface area contributed by atoms with Crippen molar-refractivity contribution in [1.82, 2.24) is 9.78 Å². The van der Waals surface area contributed by atoms with Crippen molar-refractivity contribution >= 4 is 0 Å². The van der Waals surface area contributed by atoms with Gasteiger partial charge in [-0.25, -0.2) is 0 Å². The number of rotatable bonds is 2. The summed E-state index contributed by atoms with van der Waals surface area (Å²) >= 11 is 0. The van der Waals surface area contributed by atoms with Crippen molar-refractivity contribution in [2.24, 2.45) is 7.05 Å². The Kier molecular flexibility index (Phi) is 2.79. The van der Waals surface area contributed by atoms with E-state index in [4.69, 9.17) is 0 Å². The van der Waals surface area contributed by atoms with Gasteiger partial charge in [-0.1, -0.05) is 29.8 Å². The third kappa shape index (κ3) is 1.99. The van der Waals surface area contributed by atoms with Gasteiger partial charge in [-0.15, -0.1) is 0 Å². The van der Waals surface area contributed by atoms with Crippen LogP contribution in [0.3, 0.4) is 0 Å². The van der Waals surface area contributed by atoms with E-state index in [1.54, 1.807) is 4.68 Å². The van der Waals surface area contributed by atoms with Gasteiger partial charge in [-0.3, -0.25) is 4.68 Å². The number of aliphatic hydroxyl groups is 1. The van der Waals surface area contributed by atoms with E-state index in [-0.39, 0.29) is 0 Å². The fourth-order valence-corrected chi connectivity index (χ4v) is 1.91. The summed E-state index contributed by atoms with van der Waals surface area (Å²) in [6.07, 6.45) is 1.27. The van der Waals surface area contributed by atoms with Crippen LogP contribution in [0.5, 0.6) is 0 Å². The minimum atomic E-state index is -0.589. The molecule has 1 unspecified atom stereocenters. The van der Waals surface area contributed by atoms with Crippen molar-refractivity contribution in [3.63, 3.8) is 0 Å². The fraction of sp³-hybridized carbons (Fsp3) is 0.308. The zero-order chi connectivity index (χ0) is 11.7. The predicted octanol–water partition coefficient (Wildman–Crippen LogP) is 2.12. The summed E-state index contributed by atoms with van der Waals surface area (Å²) in [5, 5.41) is 14.5. The number of aryl methyl sites for hydroxylation is 3. The molecule has 0 amide bonds. The largest absolute Gasteiger partial charge is 0.384 e. The third-order valence-electron chi connectivity index (χ3n) is 2.70. The highest BCUT2D eigenvalue weighted by molar-refractivity contribution is 5.32. The Morgan fingerprint density at radius 1 is 1.31 bits per heavy atom. The van der Waals surface area contributed by atoms with Crippen LogP contribution in [0.15, 0.2) is 30.5 Å². The number of benzene rings is 1. The maximum Gasteiger partial charge on any atom is 0.107 e. The van der Waals surface area contributed by atoms with Crippen LogP contribution in [-0.2, 0) is 7.05 Å². The van der Waals surface area contributed by atoms with Gasteiger partial charge < -0.3 is 5.11 Å². The second-order valence-electron chi connectivity index (χ2n) is 4.16. The summed E-state index contributed by atoms with van der Waals surface area (Å²) in [5.74, 6) is 0. The maximum atomic E-state index is 10.3. The lowest BCUT2D eigenvalue weighted by molar-refractivity contribution is 0.219. The van der Waals surface area contributed by atoms with Crippen molar-refractivity contribution in [2.45, 2.75) is 20.0 Å². The predicted molar refractivity (Wildman–Crippen MR) is 63.2 cm³/mol. The van der Waals surface area contributed by atoms with Gasteiger partial charge in [0, 0.05) is 18.8 Å². The van der Waals surface area contributed by atoms with Crippen molar-refractivity contribution in [3.8, 4) is 0 Å². The van der Waals surface area contributed by atoms with Gasteiger partial charge in [-0.05, 0) is 19.4 Å². The normalized spacial score (nSPS) is 12.8. The summed E-state index contributed by atoms with van der Waals surface area (Å²) < 4.78 is 1.73. The van der Waals surface area contributed by atoms with Crippen LogP contribution in [0.1, 0.15) is 28.5 Å². The summed E-state index contributed by atoms with van der Waals surface area (Å²) in [6.45, 7) is 3.93. The van der Waals surface area contributed by atoms with Gasteiger partial charge in [0.2, 0.25) is 0 Å². The van der Waals surface area contributed by atoms with E-state index in [0.717, 1.165) is 22.4 Å². The van der Waals surface area contributed by atoms with Crippen LogP contribution in [0, 0.1) is 13.8 Å². The highest BCUT2D eigenvalue weighted by Crippen LogP contribution is 2.24. The average Bonchev–Trinajstić information content (AvgIpc) is 2.57. The Balaban J connectivity index is 2.38. The number of hydrogen-bond donors (Lipinski definition) is 1. The second-order valence-corrected chi connectivity index (χ2v) is 4.16. The SMILES string of the molecule is Cc1cccc(C(O)c2cn(C)nc2C)c1. The van der Waals surface area contributed by atoms with E-state index in [1.165, 1.54) is 0 Å². The van der Waals surface area contributed by atoms with E-state index >= 15 is 0 Å². The van der Waals surface area contributed by atoms with Crippen molar-refractivity contribution < 1.29 is 5.11 Å². The molecule has 84 valence electrons. The smallest absolute Gasteiger partial charge is 0.107 e. The van der Waals surface area contributed by atoms with E-state index in [9.17, 15) is 5.11 Å². The summed E-state index contributed by atoms with van der Waals surface area (Å²) in [6, 6.07) is 7.91. The van der Waals surface area contributed by atoms with Crippen LogP contribution >= 0.6 is 0 Å². The Hall–Kier alpha value is -1.61. The average molecular weight is 216 g/mol. The first-order valence-corrected chi connectivity index (χ1v) is 5.32. The maximum absolute atomic E-state index is 10.3. The molecule has 0 aliphatic carbocycles. The molecule has 2 aromatic rings. The lowest BCUT2D eigenvalue weighted by Crippen LogP contribution is -2.00. The zero-order valence-corrected chi connectivity index (χ0v) is 9.81. The number of hydrogen-bond acceptors (Lipinski definition) is 2. The molecule has 1 aromatic heterocycles. The molecular formula is C13H16N2O. The number of aromatic nitrogens is 2. The molecule has 3 heteroatoms. The van der Waals surface area contributed by atoms with E-state index in [0.29, 0.717) is 0 Å². The molecule has 0 saturated carbocycles. The second kappa shape index (κ2) is 4.10. The molecule has 0 spiro atoms. The first-order chi connectivity index (χ1) is 7.58. The van der Waals surface area contributed by atoms with Crippen LogP contribution in [0.2, 0.25) is 0 Å². The number of aliphatic hydroxyl groups excluding tert-OH is 1. The summed E-state index contributed by atoms with van der Waals surface area (Å²) in [4.78, 5) is 0. The molecule has 0 bridgehead atoms. The highest BCUT2D eigenvalue weighted by atomic mass is 16.3. The molecule has 2 rings (SSSR count). The van der Waals surface area contributed by atoms with Crippen LogP contribution in [0.4, 0.5) is 0 Å². The zero-order valence-electron chi connectivity index (χ0n) is 9.81. The molecule has 1 heterocycles. The van der Waals surface area contributed by atoms with E-state index in [2.05, 4.69) is 5.10 Å². The fourth-order valence-electron chi connectivity index (χ4n) is 1.91.